The van der Waals surface area contributed by atoms with Gasteiger partial charge in [-0.05, 0) is 69.6 Å². The molecule has 0 heterocycles. The molecule has 4 fully saturated rings. The molecule has 4 aliphatic rings. The molecule has 4 saturated carbocycles. The molecule has 0 amide bonds. The molecule has 0 aromatic heterocycles. The Morgan fingerprint density at radius 1 is 0.923 bits per heavy atom. The van der Waals surface area contributed by atoms with Crippen molar-refractivity contribution in [1.29, 1.82) is 0 Å². The molecular weight excluding hydrogens is 332 g/mol. The van der Waals surface area contributed by atoms with Crippen LogP contribution < -0.4 is 0 Å². The van der Waals surface area contributed by atoms with Gasteiger partial charge in [-0.25, -0.2) is 0 Å². The van der Waals surface area contributed by atoms with Gasteiger partial charge in [0.1, 0.15) is 5.60 Å². The third kappa shape index (κ3) is 2.04. The van der Waals surface area contributed by atoms with Gasteiger partial charge in [-0.2, -0.15) is 0 Å². The maximum atomic E-state index is 12.3. The Morgan fingerprint density at radius 2 is 1.50 bits per heavy atom. The fourth-order valence-electron chi connectivity index (χ4n) is 7.85. The zero-order valence-electron chi connectivity index (χ0n) is 16.2. The largest absolute Gasteiger partial charge is 0.393 e. The van der Waals surface area contributed by atoms with Gasteiger partial charge in [0.15, 0.2) is 5.78 Å². The van der Waals surface area contributed by atoms with Gasteiger partial charge in [0, 0.05) is 17.3 Å². The molecule has 0 radical (unpaired) electrons. The summed E-state index contributed by atoms with van der Waals surface area (Å²) >= 11 is 0. The highest BCUT2D eigenvalue weighted by molar-refractivity contribution is 5.86. The first kappa shape index (κ1) is 18.9. The van der Waals surface area contributed by atoms with Crippen LogP contribution in [0.25, 0.3) is 0 Å². The summed E-state index contributed by atoms with van der Waals surface area (Å²) in [4.78, 5) is 12.3. The van der Waals surface area contributed by atoms with E-state index in [1.165, 1.54) is 6.92 Å². The summed E-state index contributed by atoms with van der Waals surface area (Å²) in [5.41, 5.74) is -3.37. The van der Waals surface area contributed by atoms with Crippen LogP contribution in [0.1, 0.15) is 72.1 Å². The fraction of sp³-hybridized carbons (Fsp3) is 0.952. The van der Waals surface area contributed by atoms with Gasteiger partial charge in [-0.1, -0.05) is 13.8 Å². The summed E-state index contributed by atoms with van der Waals surface area (Å²) in [5.74, 6) is 0.521. The fourth-order valence-corrected chi connectivity index (χ4v) is 7.85. The Balaban J connectivity index is 1.72. The molecule has 0 bridgehead atoms. The highest BCUT2D eigenvalue weighted by Gasteiger charge is 2.70. The van der Waals surface area contributed by atoms with E-state index in [0.717, 1.165) is 19.3 Å². The summed E-state index contributed by atoms with van der Waals surface area (Å²) in [6, 6.07) is 0. The van der Waals surface area contributed by atoms with Gasteiger partial charge >= 0.3 is 0 Å². The van der Waals surface area contributed by atoms with Crippen molar-refractivity contribution < 1.29 is 25.2 Å². The van der Waals surface area contributed by atoms with E-state index in [4.69, 9.17) is 0 Å². The summed E-state index contributed by atoms with van der Waals surface area (Å²) < 4.78 is 0. The molecule has 4 aliphatic carbocycles. The predicted molar refractivity (Wildman–Crippen MR) is 96.2 cm³/mol. The Labute approximate surface area is 155 Å². The van der Waals surface area contributed by atoms with Crippen LogP contribution in [-0.4, -0.2) is 49.6 Å². The van der Waals surface area contributed by atoms with Crippen LogP contribution in [0.2, 0.25) is 0 Å². The summed E-state index contributed by atoms with van der Waals surface area (Å²) in [6.45, 7) is 5.65. The highest BCUT2D eigenvalue weighted by Crippen LogP contribution is 2.69. The zero-order chi connectivity index (χ0) is 19.1. The molecular formula is C21H34O5. The first-order valence-electron chi connectivity index (χ1n) is 10.3. The molecule has 26 heavy (non-hydrogen) atoms. The Hall–Kier alpha value is -0.490. The minimum absolute atomic E-state index is 0.138. The standard InChI is InChI=1S/C21H34O5/c1-12(22)20(25)9-6-16-14-10-17(24)21(26)11-13(23)4-7-19(21,3)15(14)5-8-18(16,20)2/h13-17,23-26H,4-11H2,1-3H3/t13?,14?,15?,16?,17?,18?,19?,20-,21-/m0/s1. The van der Waals surface area contributed by atoms with Crippen molar-refractivity contribution in [2.45, 2.75) is 95.5 Å². The van der Waals surface area contributed by atoms with Crippen LogP contribution >= 0.6 is 0 Å². The van der Waals surface area contributed by atoms with E-state index in [9.17, 15) is 25.2 Å². The molecule has 5 nitrogen and oxygen atoms in total. The number of fused-ring (bicyclic) bond motifs is 5. The van der Waals surface area contributed by atoms with Crippen LogP contribution in [0.3, 0.4) is 0 Å². The smallest absolute Gasteiger partial charge is 0.161 e. The molecule has 9 atom stereocenters. The van der Waals surface area contributed by atoms with E-state index < -0.39 is 34.2 Å². The second-order valence-corrected chi connectivity index (χ2v) is 10.3. The predicted octanol–water partition coefficient (Wildman–Crippen LogP) is 1.80. The van der Waals surface area contributed by atoms with Crippen molar-refractivity contribution >= 4 is 5.78 Å². The number of hydrogen-bond donors (Lipinski definition) is 4. The molecule has 4 N–H and O–H groups in total. The van der Waals surface area contributed by atoms with Gasteiger partial charge in [0.2, 0.25) is 0 Å². The third-order valence-corrected chi connectivity index (χ3v) is 9.57. The van der Waals surface area contributed by atoms with Crippen molar-refractivity contribution in [3.63, 3.8) is 0 Å². The monoisotopic (exact) mass is 366 g/mol. The lowest BCUT2D eigenvalue weighted by Crippen LogP contribution is -2.69. The lowest BCUT2D eigenvalue weighted by atomic mass is 9.42. The summed E-state index contributed by atoms with van der Waals surface area (Å²) in [6.07, 6.45) is 3.63. The highest BCUT2D eigenvalue weighted by atomic mass is 16.3. The molecule has 0 aromatic rings. The number of carbonyl (C=O) groups is 1. The van der Waals surface area contributed by atoms with Gasteiger partial charge in [-0.3, -0.25) is 4.79 Å². The molecule has 0 spiro atoms. The molecule has 5 heteroatoms. The van der Waals surface area contributed by atoms with Crippen molar-refractivity contribution in [3.8, 4) is 0 Å². The number of hydrogen-bond acceptors (Lipinski definition) is 5. The van der Waals surface area contributed by atoms with Gasteiger partial charge in [0.25, 0.3) is 0 Å². The summed E-state index contributed by atoms with van der Waals surface area (Å²) in [5, 5.41) is 43.6. The number of aliphatic hydroxyl groups excluding tert-OH is 2. The Kier molecular flexibility index (Phi) is 4.01. The number of carbonyl (C=O) groups excluding carboxylic acids is 1. The lowest BCUT2D eigenvalue weighted by molar-refractivity contribution is -0.267. The van der Waals surface area contributed by atoms with E-state index >= 15 is 0 Å². The molecule has 0 aromatic carbocycles. The van der Waals surface area contributed by atoms with Crippen molar-refractivity contribution in [2.24, 2.45) is 28.6 Å². The molecule has 4 rings (SSSR count). The average molecular weight is 366 g/mol. The van der Waals surface area contributed by atoms with Crippen LogP contribution in [-0.2, 0) is 4.79 Å². The summed E-state index contributed by atoms with van der Waals surface area (Å²) in [7, 11) is 0. The second kappa shape index (κ2) is 5.53. The number of rotatable bonds is 1. The van der Waals surface area contributed by atoms with Crippen LogP contribution in [0, 0.1) is 28.6 Å². The van der Waals surface area contributed by atoms with Crippen LogP contribution in [0.15, 0.2) is 0 Å². The van der Waals surface area contributed by atoms with Gasteiger partial charge < -0.3 is 20.4 Å². The van der Waals surface area contributed by atoms with Crippen molar-refractivity contribution in [3.05, 3.63) is 0 Å². The minimum atomic E-state index is -1.26. The maximum absolute atomic E-state index is 12.3. The molecule has 148 valence electrons. The first-order chi connectivity index (χ1) is 12.0. The van der Waals surface area contributed by atoms with E-state index in [-0.39, 0.29) is 30.0 Å². The number of ketones is 1. The number of aliphatic hydroxyl groups is 4. The zero-order valence-corrected chi connectivity index (χ0v) is 16.2. The van der Waals surface area contributed by atoms with E-state index in [0.29, 0.717) is 25.7 Å². The van der Waals surface area contributed by atoms with Gasteiger partial charge in [0.05, 0.1) is 17.8 Å². The van der Waals surface area contributed by atoms with Crippen LogP contribution in [0.5, 0.6) is 0 Å². The molecule has 7 unspecified atom stereocenters. The first-order valence-corrected chi connectivity index (χ1v) is 10.3. The SMILES string of the molecule is CC(=O)[C@@]1(O)CCC2C3CC(O)[C@@]4(O)CC(O)CCC4(C)C3CCC21C. The van der Waals surface area contributed by atoms with E-state index in [1.54, 1.807) is 0 Å². The average Bonchev–Trinajstić information content (AvgIpc) is 2.84. The second-order valence-electron chi connectivity index (χ2n) is 10.3. The van der Waals surface area contributed by atoms with Crippen LogP contribution in [0.4, 0.5) is 0 Å². The van der Waals surface area contributed by atoms with Crippen molar-refractivity contribution in [2.75, 3.05) is 0 Å². The number of Topliss-reactive ketones (excluding diaryl/α,β-unsaturated/α-hetero) is 1. The normalized spacial score (nSPS) is 59.3. The third-order valence-electron chi connectivity index (χ3n) is 9.57. The molecule has 0 saturated heterocycles. The van der Waals surface area contributed by atoms with E-state index in [1.807, 2.05) is 0 Å². The minimum Gasteiger partial charge on any atom is -0.393 e. The Morgan fingerprint density at radius 3 is 2.15 bits per heavy atom. The maximum Gasteiger partial charge on any atom is 0.161 e. The molecule has 0 aliphatic heterocycles. The Bertz CT molecular complexity index is 622. The van der Waals surface area contributed by atoms with E-state index in [2.05, 4.69) is 13.8 Å². The van der Waals surface area contributed by atoms with Gasteiger partial charge in [-0.15, -0.1) is 0 Å². The topological polar surface area (TPSA) is 98.0 Å². The van der Waals surface area contributed by atoms with Crippen molar-refractivity contribution in [1.82, 2.24) is 0 Å². The lowest BCUT2D eigenvalue weighted by Gasteiger charge is -2.65. The quantitative estimate of drug-likeness (QED) is 0.567.